The predicted molar refractivity (Wildman–Crippen MR) is 77.9 cm³/mol. The highest BCUT2D eigenvalue weighted by Crippen LogP contribution is 2.43. The largest absolute Gasteiger partial charge is 0.459 e. The highest BCUT2D eigenvalue weighted by Gasteiger charge is 2.42. The number of carbonyl (C=O) groups is 1. The monoisotopic (exact) mass is 266 g/mol. The molecule has 0 aliphatic heterocycles. The first-order valence-corrected chi connectivity index (χ1v) is 8.37. The summed E-state index contributed by atoms with van der Waals surface area (Å²) in [5.41, 5.74) is -0.111. The SMILES string of the molecule is CC[C@@H]1C[C@H](CC)[C@@H](C(=O)OC2(CC)CCCC2)C1. The maximum Gasteiger partial charge on any atom is 0.309 e. The van der Waals surface area contributed by atoms with E-state index in [4.69, 9.17) is 4.74 Å². The van der Waals surface area contributed by atoms with Crippen LogP contribution in [-0.2, 0) is 9.53 Å². The molecule has 0 spiro atoms. The fourth-order valence-electron chi connectivity index (χ4n) is 4.15. The number of rotatable bonds is 5. The number of hydrogen-bond donors (Lipinski definition) is 0. The minimum atomic E-state index is -0.111. The van der Waals surface area contributed by atoms with Gasteiger partial charge in [-0.05, 0) is 56.8 Å². The molecule has 0 aromatic heterocycles. The molecule has 0 radical (unpaired) electrons. The van der Waals surface area contributed by atoms with Gasteiger partial charge in [-0.15, -0.1) is 0 Å². The van der Waals surface area contributed by atoms with Crippen LogP contribution >= 0.6 is 0 Å². The first-order valence-electron chi connectivity index (χ1n) is 8.37. The molecule has 2 rings (SSSR count). The van der Waals surface area contributed by atoms with Crippen LogP contribution in [0.2, 0.25) is 0 Å². The molecular formula is C17H30O2. The van der Waals surface area contributed by atoms with E-state index < -0.39 is 0 Å². The van der Waals surface area contributed by atoms with Gasteiger partial charge in [0.05, 0.1) is 5.92 Å². The molecule has 2 fully saturated rings. The molecule has 0 bridgehead atoms. The van der Waals surface area contributed by atoms with Crippen LogP contribution in [-0.4, -0.2) is 11.6 Å². The lowest BCUT2D eigenvalue weighted by Gasteiger charge is -2.30. The molecule has 3 atom stereocenters. The molecule has 0 heterocycles. The van der Waals surface area contributed by atoms with E-state index in [0.717, 1.165) is 38.0 Å². The van der Waals surface area contributed by atoms with Gasteiger partial charge in [0.2, 0.25) is 0 Å². The Morgan fingerprint density at radius 3 is 2.32 bits per heavy atom. The highest BCUT2D eigenvalue weighted by molar-refractivity contribution is 5.73. The first-order chi connectivity index (χ1) is 9.14. The van der Waals surface area contributed by atoms with Gasteiger partial charge in [0.25, 0.3) is 0 Å². The predicted octanol–water partition coefficient (Wildman–Crippen LogP) is 4.71. The number of esters is 1. The average molecular weight is 266 g/mol. The molecule has 0 unspecified atom stereocenters. The van der Waals surface area contributed by atoms with Crippen LogP contribution in [0.15, 0.2) is 0 Å². The fourth-order valence-corrected chi connectivity index (χ4v) is 4.15. The average Bonchev–Trinajstić information content (AvgIpc) is 3.05. The zero-order valence-electron chi connectivity index (χ0n) is 12.9. The van der Waals surface area contributed by atoms with E-state index in [1.807, 2.05) is 0 Å². The summed E-state index contributed by atoms with van der Waals surface area (Å²) in [5.74, 6) is 1.60. The van der Waals surface area contributed by atoms with Crippen LogP contribution < -0.4 is 0 Å². The van der Waals surface area contributed by atoms with Gasteiger partial charge in [-0.2, -0.15) is 0 Å². The summed E-state index contributed by atoms with van der Waals surface area (Å²) < 4.78 is 6.02. The van der Waals surface area contributed by atoms with Crippen molar-refractivity contribution >= 4 is 5.97 Å². The zero-order valence-corrected chi connectivity index (χ0v) is 12.9. The van der Waals surface area contributed by atoms with E-state index in [9.17, 15) is 4.79 Å². The molecule has 2 saturated carbocycles. The van der Waals surface area contributed by atoms with Gasteiger partial charge < -0.3 is 4.74 Å². The molecule has 0 aromatic rings. The second-order valence-corrected chi connectivity index (χ2v) is 6.69. The number of carbonyl (C=O) groups excluding carboxylic acids is 1. The van der Waals surface area contributed by atoms with Gasteiger partial charge in [0.1, 0.15) is 5.60 Å². The minimum Gasteiger partial charge on any atom is -0.459 e. The minimum absolute atomic E-state index is 0.111. The van der Waals surface area contributed by atoms with Crippen molar-refractivity contribution in [3.63, 3.8) is 0 Å². The van der Waals surface area contributed by atoms with Crippen LogP contribution in [0.1, 0.15) is 78.6 Å². The van der Waals surface area contributed by atoms with Crippen molar-refractivity contribution in [2.45, 2.75) is 84.2 Å². The lowest BCUT2D eigenvalue weighted by Crippen LogP contribution is -2.35. The Labute approximate surface area is 118 Å². The van der Waals surface area contributed by atoms with Gasteiger partial charge in [-0.3, -0.25) is 4.79 Å². The molecule has 0 aromatic carbocycles. The summed E-state index contributed by atoms with van der Waals surface area (Å²) in [6, 6.07) is 0. The summed E-state index contributed by atoms with van der Waals surface area (Å²) in [4.78, 5) is 12.6. The molecule has 2 aliphatic rings. The Hall–Kier alpha value is -0.530. The third kappa shape index (κ3) is 3.14. The maximum absolute atomic E-state index is 12.6. The molecule has 0 N–H and O–H groups in total. The van der Waals surface area contributed by atoms with Crippen LogP contribution in [0.25, 0.3) is 0 Å². The molecule has 0 saturated heterocycles. The first kappa shape index (κ1) is 14.9. The normalized spacial score (nSPS) is 33.5. The van der Waals surface area contributed by atoms with Gasteiger partial charge in [-0.25, -0.2) is 0 Å². The Balaban J connectivity index is 1.98. The van der Waals surface area contributed by atoms with Gasteiger partial charge in [-0.1, -0.05) is 33.6 Å². The third-order valence-electron chi connectivity index (χ3n) is 5.67. The lowest BCUT2D eigenvalue weighted by atomic mass is 9.92. The molecule has 2 aliphatic carbocycles. The summed E-state index contributed by atoms with van der Waals surface area (Å²) in [7, 11) is 0. The van der Waals surface area contributed by atoms with Crippen molar-refractivity contribution in [2.75, 3.05) is 0 Å². The summed E-state index contributed by atoms with van der Waals surface area (Å²) in [6.07, 6.45) is 10.2. The van der Waals surface area contributed by atoms with E-state index in [0.29, 0.717) is 5.92 Å². The van der Waals surface area contributed by atoms with Crippen molar-refractivity contribution in [2.24, 2.45) is 17.8 Å². The highest BCUT2D eigenvalue weighted by atomic mass is 16.6. The van der Waals surface area contributed by atoms with Crippen LogP contribution in [0.4, 0.5) is 0 Å². The Bertz CT molecular complexity index is 304. The van der Waals surface area contributed by atoms with E-state index >= 15 is 0 Å². The Morgan fingerprint density at radius 1 is 1.11 bits per heavy atom. The Kier molecular flexibility index (Phi) is 4.92. The summed E-state index contributed by atoms with van der Waals surface area (Å²) >= 11 is 0. The second-order valence-electron chi connectivity index (χ2n) is 6.69. The molecule has 19 heavy (non-hydrogen) atoms. The molecular weight excluding hydrogens is 236 g/mol. The van der Waals surface area contributed by atoms with E-state index in [2.05, 4.69) is 20.8 Å². The van der Waals surface area contributed by atoms with Gasteiger partial charge >= 0.3 is 5.97 Å². The lowest BCUT2D eigenvalue weighted by molar-refractivity contribution is -0.166. The van der Waals surface area contributed by atoms with Crippen molar-refractivity contribution in [3.05, 3.63) is 0 Å². The van der Waals surface area contributed by atoms with Crippen LogP contribution in [0.5, 0.6) is 0 Å². The van der Waals surface area contributed by atoms with E-state index in [1.54, 1.807) is 0 Å². The van der Waals surface area contributed by atoms with Crippen molar-refractivity contribution < 1.29 is 9.53 Å². The van der Waals surface area contributed by atoms with E-state index in [-0.39, 0.29) is 17.5 Å². The standard InChI is InChI=1S/C17H30O2/c1-4-13-11-14(5-2)15(12-13)16(18)19-17(6-3)9-7-8-10-17/h13-15H,4-12H2,1-3H3/t13-,14+,15+/m1/s1. The van der Waals surface area contributed by atoms with Crippen molar-refractivity contribution in [3.8, 4) is 0 Å². The van der Waals surface area contributed by atoms with Gasteiger partial charge in [0.15, 0.2) is 0 Å². The van der Waals surface area contributed by atoms with Gasteiger partial charge in [0, 0.05) is 0 Å². The molecule has 0 amide bonds. The number of hydrogen-bond acceptors (Lipinski definition) is 2. The summed E-state index contributed by atoms with van der Waals surface area (Å²) in [5, 5.41) is 0. The zero-order chi connectivity index (χ0) is 13.9. The fraction of sp³-hybridized carbons (Fsp3) is 0.941. The molecule has 2 heteroatoms. The van der Waals surface area contributed by atoms with Crippen molar-refractivity contribution in [1.29, 1.82) is 0 Å². The molecule has 2 nitrogen and oxygen atoms in total. The van der Waals surface area contributed by atoms with Crippen molar-refractivity contribution in [1.82, 2.24) is 0 Å². The van der Waals surface area contributed by atoms with Crippen LogP contribution in [0, 0.1) is 17.8 Å². The number of ether oxygens (including phenoxy) is 1. The summed E-state index contributed by atoms with van der Waals surface area (Å²) in [6.45, 7) is 6.63. The maximum atomic E-state index is 12.6. The Morgan fingerprint density at radius 2 is 1.79 bits per heavy atom. The second kappa shape index (κ2) is 6.28. The van der Waals surface area contributed by atoms with E-state index in [1.165, 1.54) is 25.7 Å². The third-order valence-corrected chi connectivity index (χ3v) is 5.67. The molecule has 110 valence electrons. The topological polar surface area (TPSA) is 26.3 Å². The smallest absolute Gasteiger partial charge is 0.309 e. The van der Waals surface area contributed by atoms with Crippen LogP contribution in [0.3, 0.4) is 0 Å². The quantitative estimate of drug-likeness (QED) is 0.673.